The summed E-state index contributed by atoms with van der Waals surface area (Å²) in [5.41, 5.74) is 2.97. The summed E-state index contributed by atoms with van der Waals surface area (Å²) in [7, 11) is -0.673. The molecule has 1 aromatic carbocycles. The minimum atomic E-state index is -0.673. The number of hydrogen-bond donors (Lipinski definition) is 0. The Balaban J connectivity index is 1.99. The fraction of sp³-hybridized carbons (Fsp3) is 0.739. The quantitative estimate of drug-likeness (QED) is 0.350. The van der Waals surface area contributed by atoms with Crippen LogP contribution in [0.25, 0.3) is 0 Å². The normalized spacial score (nSPS) is 13.1. The van der Waals surface area contributed by atoms with Gasteiger partial charge >= 0.3 is 0 Å². The molecule has 2 heteroatoms. The van der Waals surface area contributed by atoms with E-state index in [2.05, 4.69) is 52.0 Å². The number of rotatable bonds is 13. The first-order valence-corrected chi connectivity index (χ1v) is 11.7. The Bertz CT molecular complexity index is 470. The van der Waals surface area contributed by atoms with E-state index in [1.807, 2.05) is 0 Å². The molecule has 144 valence electrons. The zero-order chi connectivity index (χ0) is 18.5. The Kier molecular flexibility index (Phi) is 11.4. The van der Waals surface area contributed by atoms with Crippen molar-refractivity contribution in [1.29, 1.82) is 0 Å². The van der Waals surface area contributed by atoms with Crippen molar-refractivity contribution in [2.24, 2.45) is 0 Å². The summed E-state index contributed by atoms with van der Waals surface area (Å²) in [6.45, 7) is 8.47. The van der Waals surface area contributed by atoms with Crippen LogP contribution in [0, 0.1) is 0 Å². The highest BCUT2D eigenvalue weighted by Crippen LogP contribution is 2.15. The lowest BCUT2D eigenvalue weighted by molar-refractivity contribution is 0.586. The van der Waals surface area contributed by atoms with Crippen LogP contribution >= 0.6 is 0 Å². The molecule has 1 atom stereocenters. The van der Waals surface area contributed by atoms with E-state index < -0.39 is 10.8 Å². The van der Waals surface area contributed by atoms with E-state index in [0.717, 1.165) is 12.2 Å². The van der Waals surface area contributed by atoms with Crippen molar-refractivity contribution in [3.8, 4) is 0 Å². The van der Waals surface area contributed by atoms with Gasteiger partial charge in [0.25, 0.3) is 0 Å². The zero-order valence-corrected chi connectivity index (χ0v) is 17.9. The molecule has 25 heavy (non-hydrogen) atoms. The summed E-state index contributed by atoms with van der Waals surface area (Å²) in [4.78, 5) is 0. The molecule has 0 N–H and O–H groups in total. The van der Waals surface area contributed by atoms with Crippen LogP contribution in [0.4, 0.5) is 0 Å². The summed E-state index contributed by atoms with van der Waals surface area (Å²) in [6, 6.07) is 9.26. The highest BCUT2D eigenvalue weighted by molar-refractivity contribution is 7.86. The van der Waals surface area contributed by atoms with E-state index in [1.165, 1.54) is 75.3 Å². The molecular formula is C23H40OS. The first-order valence-electron chi connectivity index (χ1n) is 10.4. The number of hydrogen-bond acceptors (Lipinski definition) is 1. The average molecular weight is 365 g/mol. The highest BCUT2D eigenvalue weighted by Gasteiger charge is 2.18. The fourth-order valence-electron chi connectivity index (χ4n) is 3.01. The van der Waals surface area contributed by atoms with Gasteiger partial charge in [-0.1, -0.05) is 69.7 Å². The Morgan fingerprint density at radius 3 is 1.64 bits per heavy atom. The molecule has 0 aliphatic rings. The summed E-state index contributed by atoms with van der Waals surface area (Å²) < 4.78 is 11.9. The molecule has 0 bridgehead atoms. The Labute approximate surface area is 159 Å². The van der Waals surface area contributed by atoms with Crippen molar-refractivity contribution in [3.05, 3.63) is 35.4 Å². The van der Waals surface area contributed by atoms with Crippen LogP contribution in [0.5, 0.6) is 0 Å². The van der Waals surface area contributed by atoms with Crippen molar-refractivity contribution in [2.45, 2.75) is 103 Å². The summed E-state index contributed by atoms with van der Waals surface area (Å²) >= 11 is 0. The summed E-state index contributed by atoms with van der Waals surface area (Å²) in [5, 5.41) is 0. The van der Waals surface area contributed by atoms with E-state index in [4.69, 9.17) is 0 Å². The molecule has 0 saturated heterocycles. The maximum absolute atomic E-state index is 12.0. The van der Waals surface area contributed by atoms with E-state index in [1.54, 1.807) is 0 Å². The predicted octanol–water partition coefficient (Wildman–Crippen LogP) is 6.85. The molecule has 0 amide bonds. The van der Waals surface area contributed by atoms with Crippen LogP contribution in [0.15, 0.2) is 24.3 Å². The molecule has 0 saturated carbocycles. The van der Waals surface area contributed by atoms with Crippen LogP contribution < -0.4 is 0 Å². The lowest BCUT2D eigenvalue weighted by atomic mass is 10.0. The SMILES string of the molecule is CCCCc1ccc(CCCCCCCCCS(=O)C(C)(C)C)cc1. The summed E-state index contributed by atoms with van der Waals surface area (Å²) in [6.07, 6.45) is 14.0. The van der Waals surface area contributed by atoms with Gasteiger partial charge in [0.05, 0.1) is 0 Å². The van der Waals surface area contributed by atoms with Gasteiger partial charge in [0.2, 0.25) is 0 Å². The molecular weight excluding hydrogens is 324 g/mol. The lowest BCUT2D eigenvalue weighted by Crippen LogP contribution is -2.23. The molecule has 0 heterocycles. The van der Waals surface area contributed by atoms with Crippen LogP contribution in [0.2, 0.25) is 0 Å². The van der Waals surface area contributed by atoms with Gasteiger partial charge in [-0.2, -0.15) is 0 Å². The van der Waals surface area contributed by atoms with E-state index >= 15 is 0 Å². The zero-order valence-electron chi connectivity index (χ0n) is 17.1. The molecule has 1 rings (SSSR count). The van der Waals surface area contributed by atoms with Crippen LogP contribution in [-0.4, -0.2) is 14.7 Å². The molecule has 1 aromatic rings. The van der Waals surface area contributed by atoms with Gasteiger partial charge in [0, 0.05) is 21.3 Å². The van der Waals surface area contributed by atoms with Gasteiger partial charge in [-0.25, -0.2) is 0 Å². The van der Waals surface area contributed by atoms with Crippen molar-refractivity contribution < 1.29 is 4.21 Å². The van der Waals surface area contributed by atoms with Gasteiger partial charge in [0.1, 0.15) is 0 Å². The van der Waals surface area contributed by atoms with Gasteiger partial charge in [-0.3, -0.25) is 4.21 Å². The fourth-order valence-corrected chi connectivity index (χ4v) is 4.08. The maximum atomic E-state index is 12.0. The predicted molar refractivity (Wildman–Crippen MR) is 114 cm³/mol. The maximum Gasteiger partial charge on any atom is 0.0375 e. The van der Waals surface area contributed by atoms with E-state index in [0.29, 0.717) is 0 Å². The molecule has 0 fully saturated rings. The van der Waals surface area contributed by atoms with Crippen molar-refractivity contribution in [2.75, 3.05) is 5.75 Å². The van der Waals surface area contributed by atoms with Crippen LogP contribution in [0.1, 0.15) is 96.6 Å². The molecule has 0 spiro atoms. The van der Waals surface area contributed by atoms with Crippen molar-refractivity contribution in [3.63, 3.8) is 0 Å². The molecule has 0 radical (unpaired) electrons. The van der Waals surface area contributed by atoms with E-state index in [-0.39, 0.29) is 4.75 Å². The minimum Gasteiger partial charge on any atom is -0.259 e. The smallest absolute Gasteiger partial charge is 0.0375 e. The number of aryl methyl sites for hydroxylation is 2. The monoisotopic (exact) mass is 364 g/mol. The second kappa shape index (κ2) is 12.7. The second-order valence-corrected chi connectivity index (χ2v) is 10.6. The Morgan fingerprint density at radius 2 is 1.16 bits per heavy atom. The largest absolute Gasteiger partial charge is 0.259 e. The third-order valence-corrected chi connectivity index (χ3v) is 6.85. The standard InChI is InChI=1S/C23H40OS/c1-5-6-14-21-16-18-22(19-17-21)15-12-10-8-7-9-11-13-20-25(24)23(2,3)4/h16-19H,5-15,20H2,1-4H3. The first kappa shape index (κ1) is 22.4. The highest BCUT2D eigenvalue weighted by atomic mass is 32.2. The van der Waals surface area contributed by atoms with Gasteiger partial charge in [-0.05, 0) is 64.0 Å². The lowest BCUT2D eigenvalue weighted by Gasteiger charge is -2.17. The summed E-state index contributed by atoms with van der Waals surface area (Å²) in [5.74, 6) is 0.873. The number of unbranched alkanes of at least 4 members (excludes halogenated alkanes) is 7. The third kappa shape index (κ3) is 10.8. The van der Waals surface area contributed by atoms with Crippen molar-refractivity contribution in [1.82, 2.24) is 0 Å². The minimum absolute atomic E-state index is 0.0474. The van der Waals surface area contributed by atoms with Crippen molar-refractivity contribution >= 4 is 10.8 Å². The second-order valence-electron chi connectivity index (χ2n) is 8.31. The van der Waals surface area contributed by atoms with Crippen LogP contribution in [-0.2, 0) is 23.6 Å². The van der Waals surface area contributed by atoms with Gasteiger partial charge in [0.15, 0.2) is 0 Å². The molecule has 0 aliphatic carbocycles. The molecule has 1 unspecified atom stereocenters. The van der Waals surface area contributed by atoms with Gasteiger partial charge < -0.3 is 0 Å². The molecule has 0 aromatic heterocycles. The number of benzene rings is 1. The average Bonchev–Trinajstić information content (AvgIpc) is 2.58. The topological polar surface area (TPSA) is 17.1 Å². The Hall–Kier alpha value is -0.630. The van der Waals surface area contributed by atoms with E-state index in [9.17, 15) is 4.21 Å². The molecule has 1 nitrogen and oxygen atoms in total. The third-order valence-electron chi connectivity index (χ3n) is 4.82. The molecule has 0 aliphatic heterocycles. The van der Waals surface area contributed by atoms with Gasteiger partial charge in [-0.15, -0.1) is 0 Å². The Morgan fingerprint density at radius 1 is 0.720 bits per heavy atom. The first-order chi connectivity index (χ1) is 11.9. The van der Waals surface area contributed by atoms with Crippen LogP contribution in [0.3, 0.4) is 0 Å².